The first-order valence-electron chi connectivity index (χ1n) is 11.3. The van der Waals surface area contributed by atoms with Crippen molar-refractivity contribution < 1.29 is 9.59 Å². The minimum absolute atomic E-state index is 0.0726. The van der Waals surface area contributed by atoms with Crippen molar-refractivity contribution in [1.82, 2.24) is 20.4 Å². The summed E-state index contributed by atoms with van der Waals surface area (Å²) in [5, 5.41) is 5.65. The lowest BCUT2D eigenvalue weighted by Crippen LogP contribution is -2.49. The molecule has 0 bridgehead atoms. The topological polar surface area (TPSA) is 64.7 Å². The maximum absolute atomic E-state index is 12.4. The number of nitrogens with zero attached hydrogens (tertiary/aromatic N) is 2. The van der Waals surface area contributed by atoms with E-state index in [-0.39, 0.29) is 6.04 Å². The number of amides is 2. The molecule has 1 saturated heterocycles. The highest BCUT2D eigenvalue weighted by Gasteiger charge is 2.25. The molecule has 1 fully saturated rings. The number of carbonyl (C=O) groups excluding carboxylic acids is 2. The van der Waals surface area contributed by atoms with E-state index in [0.717, 1.165) is 45.4 Å². The van der Waals surface area contributed by atoms with Gasteiger partial charge in [-0.25, -0.2) is 0 Å². The molecule has 3 rings (SSSR count). The number of likely N-dealkylation sites (N-methyl/N-ethyl adjacent to an activating group) is 1. The van der Waals surface area contributed by atoms with Gasteiger partial charge in [0, 0.05) is 39.3 Å². The maximum atomic E-state index is 12.4. The van der Waals surface area contributed by atoms with E-state index in [1.54, 1.807) is 0 Å². The number of hydrogen-bond acceptors (Lipinski definition) is 4. The van der Waals surface area contributed by atoms with Crippen LogP contribution in [0.25, 0.3) is 0 Å². The van der Waals surface area contributed by atoms with Crippen LogP contribution in [-0.2, 0) is 9.59 Å². The second-order valence-corrected chi connectivity index (χ2v) is 8.59. The Kier molecular flexibility index (Phi) is 8.46. The fourth-order valence-corrected chi connectivity index (χ4v) is 4.20. The summed E-state index contributed by atoms with van der Waals surface area (Å²) >= 11 is 0. The molecule has 2 N–H and O–H groups in total. The molecule has 2 amide bonds. The molecule has 0 unspecified atom stereocenters. The highest BCUT2D eigenvalue weighted by molar-refractivity contribution is 6.35. The minimum atomic E-state index is -0.543. The fourth-order valence-electron chi connectivity index (χ4n) is 4.20. The number of nitrogens with one attached hydrogen (secondary N) is 2. The second kappa shape index (κ2) is 11.3. The molecule has 6 heteroatoms. The number of hydrogen-bond donors (Lipinski definition) is 2. The molecular formula is C24H36N4O2. The minimum Gasteiger partial charge on any atom is -0.348 e. The van der Waals surface area contributed by atoms with Gasteiger partial charge in [-0.2, -0.15) is 0 Å². The first-order valence-corrected chi connectivity index (χ1v) is 11.3. The van der Waals surface area contributed by atoms with Crippen molar-refractivity contribution in [2.45, 2.75) is 45.1 Å². The van der Waals surface area contributed by atoms with E-state index in [2.05, 4.69) is 64.7 Å². The van der Waals surface area contributed by atoms with Crippen LogP contribution in [0.1, 0.15) is 49.3 Å². The summed E-state index contributed by atoms with van der Waals surface area (Å²) in [5.74, 6) is -1.08. The Balaban J connectivity index is 1.52. The molecule has 0 saturated carbocycles. The van der Waals surface area contributed by atoms with Gasteiger partial charge in [-0.1, -0.05) is 41.5 Å². The summed E-state index contributed by atoms with van der Waals surface area (Å²) in [7, 11) is 2.13. The second-order valence-electron chi connectivity index (χ2n) is 8.59. The highest BCUT2D eigenvalue weighted by Crippen LogP contribution is 2.22. The smallest absolute Gasteiger partial charge is 0.309 e. The van der Waals surface area contributed by atoms with Crippen LogP contribution in [0.4, 0.5) is 0 Å². The molecule has 0 radical (unpaired) electrons. The third-order valence-corrected chi connectivity index (χ3v) is 6.22. The van der Waals surface area contributed by atoms with Crippen molar-refractivity contribution in [2.75, 3.05) is 46.3 Å². The number of allylic oxidation sites excluding steroid dienone is 1. The molecule has 1 aliphatic heterocycles. The Labute approximate surface area is 180 Å². The first kappa shape index (κ1) is 22.5. The van der Waals surface area contributed by atoms with E-state index in [9.17, 15) is 9.59 Å². The molecule has 0 spiro atoms. The number of benzene rings is 1. The Morgan fingerprint density at radius 1 is 1.00 bits per heavy atom. The SMILES string of the molecule is Cc1ccc([C@H](CNC(=O)C(=O)NCCC2=CCCCC2)N2CCN(C)CC2)cc1. The Morgan fingerprint density at radius 2 is 1.70 bits per heavy atom. The predicted octanol–water partition coefficient (Wildman–Crippen LogP) is 2.41. The molecule has 1 aromatic rings. The number of rotatable bonds is 7. The van der Waals surface area contributed by atoms with Crippen molar-refractivity contribution in [2.24, 2.45) is 0 Å². The van der Waals surface area contributed by atoms with E-state index >= 15 is 0 Å². The number of carbonyl (C=O) groups is 2. The largest absolute Gasteiger partial charge is 0.348 e. The molecule has 1 aromatic carbocycles. The van der Waals surface area contributed by atoms with E-state index < -0.39 is 11.8 Å². The van der Waals surface area contributed by atoms with Gasteiger partial charge in [-0.15, -0.1) is 0 Å². The van der Waals surface area contributed by atoms with Crippen molar-refractivity contribution in [3.05, 3.63) is 47.0 Å². The molecule has 0 aromatic heterocycles. The quantitative estimate of drug-likeness (QED) is 0.533. The van der Waals surface area contributed by atoms with Crippen LogP contribution >= 0.6 is 0 Å². The van der Waals surface area contributed by atoms with Crippen LogP contribution in [0.15, 0.2) is 35.9 Å². The zero-order chi connectivity index (χ0) is 21.3. The van der Waals surface area contributed by atoms with Crippen molar-refractivity contribution in [3.63, 3.8) is 0 Å². The third kappa shape index (κ3) is 6.67. The molecular weight excluding hydrogens is 376 g/mol. The molecule has 2 aliphatic rings. The number of piperazine rings is 1. The van der Waals surface area contributed by atoms with Gasteiger partial charge in [0.2, 0.25) is 0 Å². The molecule has 30 heavy (non-hydrogen) atoms. The standard InChI is InChI=1S/C24H36N4O2/c1-19-8-10-21(11-9-19)22(28-16-14-27(2)15-17-28)18-26-24(30)23(29)25-13-12-20-6-4-3-5-7-20/h6,8-11,22H,3-5,7,12-18H2,1-2H3,(H,25,29)(H,26,30)/t22-/m0/s1. The van der Waals surface area contributed by atoms with Gasteiger partial charge in [-0.3, -0.25) is 14.5 Å². The van der Waals surface area contributed by atoms with Crippen LogP contribution in [0.3, 0.4) is 0 Å². The summed E-state index contributed by atoms with van der Waals surface area (Å²) in [6, 6.07) is 8.54. The zero-order valence-corrected chi connectivity index (χ0v) is 18.5. The Bertz CT molecular complexity index is 736. The fraction of sp³-hybridized carbons (Fsp3) is 0.583. The normalized spacial score (nSPS) is 19.1. The molecule has 164 valence electrons. The van der Waals surface area contributed by atoms with Crippen LogP contribution in [-0.4, -0.2) is 67.9 Å². The third-order valence-electron chi connectivity index (χ3n) is 6.22. The van der Waals surface area contributed by atoms with Gasteiger partial charge < -0.3 is 15.5 Å². The lowest BCUT2D eigenvalue weighted by molar-refractivity contribution is -0.139. The lowest BCUT2D eigenvalue weighted by atomic mass is 9.97. The molecule has 1 heterocycles. The van der Waals surface area contributed by atoms with Gasteiger partial charge in [0.1, 0.15) is 0 Å². The van der Waals surface area contributed by atoms with E-state index in [1.807, 2.05) is 0 Å². The summed E-state index contributed by atoms with van der Waals surface area (Å²) in [6.45, 7) is 6.95. The van der Waals surface area contributed by atoms with Crippen LogP contribution in [0, 0.1) is 6.92 Å². The highest BCUT2D eigenvalue weighted by atomic mass is 16.2. The molecule has 1 aliphatic carbocycles. The molecule has 1 atom stereocenters. The van der Waals surface area contributed by atoms with Gasteiger partial charge in [0.15, 0.2) is 0 Å². The molecule has 6 nitrogen and oxygen atoms in total. The zero-order valence-electron chi connectivity index (χ0n) is 18.5. The van der Waals surface area contributed by atoms with Crippen molar-refractivity contribution in [3.8, 4) is 0 Å². The summed E-state index contributed by atoms with van der Waals surface area (Å²) in [4.78, 5) is 29.3. The average molecular weight is 413 g/mol. The lowest BCUT2D eigenvalue weighted by Gasteiger charge is -2.38. The van der Waals surface area contributed by atoms with E-state index in [1.165, 1.54) is 29.5 Å². The van der Waals surface area contributed by atoms with Crippen molar-refractivity contribution >= 4 is 11.8 Å². The van der Waals surface area contributed by atoms with Crippen LogP contribution in [0.5, 0.6) is 0 Å². The maximum Gasteiger partial charge on any atom is 0.309 e. The summed E-state index contributed by atoms with van der Waals surface area (Å²) in [5.41, 5.74) is 3.79. The average Bonchev–Trinajstić information content (AvgIpc) is 2.76. The Hall–Kier alpha value is -2.18. The van der Waals surface area contributed by atoms with Gasteiger partial charge >= 0.3 is 11.8 Å². The Morgan fingerprint density at radius 3 is 2.37 bits per heavy atom. The van der Waals surface area contributed by atoms with Crippen LogP contribution in [0.2, 0.25) is 0 Å². The predicted molar refractivity (Wildman–Crippen MR) is 120 cm³/mol. The van der Waals surface area contributed by atoms with E-state index in [4.69, 9.17) is 0 Å². The van der Waals surface area contributed by atoms with Gasteiger partial charge in [0.25, 0.3) is 0 Å². The van der Waals surface area contributed by atoms with Gasteiger partial charge in [0.05, 0.1) is 6.04 Å². The monoisotopic (exact) mass is 412 g/mol. The first-order chi connectivity index (χ1) is 14.5. The van der Waals surface area contributed by atoms with E-state index in [0.29, 0.717) is 13.1 Å². The van der Waals surface area contributed by atoms with Crippen LogP contribution < -0.4 is 10.6 Å². The number of aryl methyl sites for hydroxylation is 1. The van der Waals surface area contributed by atoms with Gasteiger partial charge in [-0.05, 0) is 51.6 Å². The van der Waals surface area contributed by atoms with Crippen molar-refractivity contribution in [1.29, 1.82) is 0 Å². The summed E-state index contributed by atoms with van der Waals surface area (Å²) < 4.78 is 0. The summed E-state index contributed by atoms with van der Waals surface area (Å²) in [6.07, 6.45) is 7.85.